The van der Waals surface area contributed by atoms with Gasteiger partial charge in [0, 0.05) is 19.5 Å². The summed E-state index contributed by atoms with van der Waals surface area (Å²) in [6.45, 7) is 9.55. The molecule has 1 aliphatic heterocycles. The molecule has 26 heavy (non-hydrogen) atoms. The van der Waals surface area contributed by atoms with Crippen molar-refractivity contribution in [3.05, 3.63) is 18.2 Å². The molecule has 7 nitrogen and oxygen atoms in total. The summed E-state index contributed by atoms with van der Waals surface area (Å²) in [5.74, 6) is 0.273. The second-order valence-electron chi connectivity index (χ2n) is 7.39. The third-order valence-corrected chi connectivity index (χ3v) is 5.72. The molecule has 1 aliphatic rings. The number of morpholine rings is 1. The number of nitrogens with one attached hydrogen (secondary N) is 1. The number of benzene rings is 1. The van der Waals surface area contributed by atoms with Crippen molar-refractivity contribution in [1.29, 1.82) is 0 Å². The van der Waals surface area contributed by atoms with Gasteiger partial charge < -0.3 is 14.8 Å². The highest BCUT2D eigenvalue weighted by atomic mass is 32.2. The average molecular weight is 384 g/mol. The van der Waals surface area contributed by atoms with Crippen molar-refractivity contribution < 1.29 is 22.7 Å². The summed E-state index contributed by atoms with van der Waals surface area (Å²) in [7, 11) is -3.64. The second-order valence-corrected chi connectivity index (χ2v) is 9.33. The molecule has 8 heteroatoms. The largest absolute Gasteiger partial charge is 0.492 e. The van der Waals surface area contributed by atoms with Gasteiger partial charge in [0.15, 0.2) is 0 Å². The van der Waals surface area contributed by atoms with Gasteiger partial charge in [0.05, 0.1) is 30.4 Å². The molecular formula is C18H28N2O5S. The summed E-state index contributed by atoms with van der Waals surface area (Å²) < 4.78 is 37.8. The fourth-order valence-corrected chi connectivity index (χ4v) is 4.10. The predicted octanol–water partition coefficient (Wildman–Crippen LogP) is 2.48. The molecule has 0 aromatic heterocycles. The quantitative estimate of drug-likeness (QED) is 0.814. The number of ether oxygens (including phenoxy) is 2. The predicted molar refractivity (Wildman–Crippen MR) is 99.9 cm³/mol. The highest BCUT2D eigenvalue weighted by Crippen LogP contribution is 2.30. The standard InChI is InChI=1S/C18H28N2O5S/c1-5-25-16-7-6-14(26(22,23)20-8-10-24-11-9-20)12-15(16)19-17(21)13-18(2,3)4/h6-7,12H,5,8-11,13H2,1-4H3,(H,19,21). The normalized spacial score (nSPS) is 16.3. The van der Waals surface area contributed by atoms with Gasteiger partial charge in [0.25, 0.3) is 0 Å². The third kappa shape index (κ3) is 5.43. The van der Waals surface area contributed by atoms with E-state index in [1.807, 2.05) is 27.7 Å². The maximum atomic E-state index is 12.8. The van der Waals surface area contributed by atoms with E-state index < -0.39 is 10.0 Å². The Balaban J connectivity index is 2.30. The van der Waals surface area contributed by atoms with E-state index >= 15 is 0 Å². The monoisotopic (exact) mass is 384 g/mol. The molecule has 1 amide bonds. The molecule has 0 saturated carbocycles. The van der Waals surface area contributed by atoms with Gasteiger partial charge in [-0.25, -0.2) is 8.42 Å². The van der Waals surface area contributed by atoms with Gasteiger partial charge in [0.2, 0.25) is 15.9 Å². The molecule has 0 radical (unpaired) electrons. The van der Waals surface area contributed by atoms with E-state index in [9.17, 15) is 13.2 Å². The van der Waals surface area contributed by atoms with Crippen molar-refractivity contribution in [3.8, 4) is 5.75 Å². The Bertz CT molecular complexity index is 734. The first-order valence-electron chi connectivity index (χ1n) is 8.78. The van der Waals surface area contributed by atoms with Crippen molar-refractivity contribution in [2.45, 2.75) is 39.0 Å². The zero-order valence-corrected chi connectivity index (χ0v) is 16.7. The number of hydrogen-bond donors (Lipinski definition) is 1. The second kappa shape index (κ2) is 8.37. The van der Waals surface area contributed by atoms with Gasteiger partial charge in [-0.1, -0.05) is 20.8 Å². The number of sulfonamides is 1. The molecular weight excluding hydrogens is 356 g/mol. The summed E-state index contributed by atoms with van der Waals surface area (Å²) in [6.07, 6.45) is 0.318. The molecule has 1 saturated heterocycles. The zero-order chi connectivity index (χ0) is 19.4. The first kappa shape index (κ1) is 20.7. The Labute approximate surface area is 155 Å². The zero-order valence-electron chi connectivity index (χ0n) is 15.9. The van der Waals surface area contributed by atoms with Crippen LogP contribution in [0.25, 0.3) is 0 Å². The molecule has 1 N–H and O–H groups in total. The van der Waals surface area contributed by atoms with Gasteiger partial charge in [0.1, 0.15) is 5.75 Å². The van der Waals surface area contributed by atoms with E-state index in [-0.39, 0.29) is 16.2 Å². The third-order valence-electron chi connectivity index (χ3n) is 3.82. The van der Waals surface area contributed by atoms with Gasteiger partial charge in [-0.3, -0.25) is 4.79 Å². The lowest BCUT2D eigenvalue weighted by molar-refractivity contribution is -0.117. The SMILES string of the molecule is CCOc1ccc(S(=O)(=O)N2CCOCC2)cc1NC(=O)CC(C)(C)C. The van der Waals surface area contributed by atoms with E-state index in [4.69, 9.17) is 9.47 Å². The topological polar surface area (TPSA) is 84.9 Å². The molecule has 1 fully saturated rings. The van der Waals surface area contributed by atoms with Crippen LogP contribution in [0.2, 0.25) is 0 Å². The molecule has 0 aliphatic carbocycles. The van der Waals surface area contributed by atoms with Crippen LogP contribution in [0.15, 0.2) is 23.1 Å². The lowest BCUT2D eigenvalue weighted by atomic mass is 9.92. The summed E-state index contributed by atoms with van der Waals surface area (Å²) in [6, 6.07) is 4.56. The lowest BCUT2D eigenvalue weighted by Crippen LogP contribution is -2.40. The first-order chi connectivity index (χ1) is 12.1. The number of carbonyl (C=O) groups excluding carboxylic acids is 1. The van der Waals surface area contributed by atoms with Gasteiger partial charge in [-0.15, -0.1) is 0 Å². The summed E-state index contributed by atoms with van der Waals surface area (Å²) in [5.41, 5.74) is 0.198. The molecule has 1 heterocycles. The van der Waals surface area contributed by atoms with Crippen LogP contribution in [0, 0.1) is 5.41 Å². The number of amides is 1. The van der Waals surface area contributed by atoms with Gasteiger partial charge in [-0.05, 0) is 30.5 Å². The maximum absolute atomic E-state index is 12.8. The lowest BCUT2D eigenvalue weighted by Gasteiger charge is -2.26. The van der Waals surface area contributed by atoms with Crippen LogP contribution in [-0.4, -0.2) is 51.5 Å². The Morgan fingerprint density at radius 2 is 1.92 bits per heavy atom. The molecule has 0 unspecified atom stereocenters. The number of anilines is 1. The smallest absolute Gasteiger partial charge is 0.243 e. The van der Waals surface area contributed by atoms with Gasteiger partial charge in [-0.2, -0.15) is 4.31 Å². The Morgan fingerprint density at radius 1 is 1.27 bits per heavy atom. The summed E-state index contributed by atoms with van der Waals surface area (Å²) >= 11 is 0. The van der Waals surface area contributed by atoms with E-state index in [1.54, 1.807) is 6.07 Å². The van der Waals surface area contributed by atoms with Gasteiger partial charge >= 0.3 is 0 Å². The van der Waals surface area contributed by atoms with Crippen LogP contribution in [-0.2, 0) is 19.6 Å². The molecule has 0 bridgehead atoms. The Hall–Kier alpha value is -1.64. The van der Waals surface area contributed by atoms with Crippen molar-refractivity contribution in [2.75, 3.05) is 38.2 Å². The minimum atomic E-state index is -3.64. The fourth-order valence-electron chi connectivity index (χ4n) is 2.66. The fraction of sp³-hybridized carbons (Fsp3) is 0.611. The minimum Gasteiger partial charge on any atom is -0.492 e. The van der Waals surface area contributed by atoms with Crippen LogP contribution in [0.1, 0.15) is 34.1 Å². The van der Waals surface area contributed by atoms with Crippen LogP contribution in [0.5, 0.6) is 5.75 Å². The number of nitrogens with zero attached hydrogens (tertiary/aromatic N) is 1. The maximum Gasteiger partial charge on any atom is 0.243 e. The molecule has 0 atom stereocenters. The van der Waals surface area contributed by atoms with E-state index in [0.717, 1.165) is 0 Å². The Morgan fingerprint density at radius 3 is 2.50 bits per heavy atom. The van der Waals surface area contributed by atoms with Crippen LogP contribution >= 0.6 is 0 Å². The first-order valence-corrected chi connectivity index (χ1v) is 10.2. The number of rotatable bonds is 6. The number of carbonyl (C=O) groups is 1. The summed E-state index contributed by atoms with van der Waals surface area (Å²) in [5, 5.41) is 2.80. The van der Waals surface area contributed by atoms with Crippen molar-refractivity contribution >= 4 is 21.6 Å². The highest BCUT2D eigenvalue weighted by Gasteiger charge is 2.27. The molecule has 1 aromatic rings. The van der Waals surface area contributed by atoms with Crippen molar-refractivity contribution in [1.82, 2.24) is 4.31 Å². The molecule has 0 spiro atoms. The molecule has 1 aromatic carbocycles. The number of hydrogen-bond acceptors (Lipinski definition) is 5. The van der Waals surface area contributed by atoms with E-state index in [1.165, 1.54) is 16.4 Å². The van der Waals surface area contributed by atoms with Crippen molar-refractivity contribution in [3.63, 3.8) is 0 Å². The van der Waals surface area contributed by atoms with Crippen LogP contribution < -0.4 is 10.1 Å². The van der Waals surface area contributed by atoms with Crippen LogP contribution in [0.4, 0.5) is 5.69 Å². The molecule has 2 rings (SSSR count). The Kier molecular flexibility index (Phi) is 6.65. The highest BCUT2D eigenvalue weighted by molar-refractivity contribution is 7.89. The average Bonchev–Trinajstić information content (AvgIpc) is 2.55. The van der Waals surface area contributed by atoms with E-state index in [2.05, 4.69) is 5.32 Å². The summed E-state index contributed by atoms with van der Waals surface area (Å²) in [4.78, 5) is 12.4. The minimum absolute atomic E-state index is 0.133. The van der Waals surface area contributed by atoms with Crippen molar-refractivity contribution in [2.24, 2.45) is 5.41 Å². The molecule has 146 valence electrons. The van der Waals surface area contributed by atoms with E-state index in [0.29, 0.717) is 50.8 Å². The van der Waals surface area contributed by atoms with Crippen LogP contribution in [0.3, 0.4) is 0 Å².